The topological polar surface area (TPSA) is 65.3 Å². The van der Waals surface area contributed by atoms with Crippen molar-refractivity contribution in [3.05, 3.63) is 0 Å². The molecule has 0 aromatic heterocycles. The highest BCUT2D eigenvalue weighted by atomic mass is 16.5. The predicted octanol–water partition coefficient (Wildman–Crippen LogP) is 0.523. The maximum atomic E-state index is 9.81. The fourth-order valence-electron chi connectivity index (χ4n) is 1.01. The number of hydrogen-bond donors (Lipinski definition) is 2. The fourth-order valence-corrected chi connectivity index (χ4v) is 1.01. The molecule has 0 aliphatic heterocycles. The summed E-state index contributed by atoms with van der Waals surface area (Å²) >= 11 is 0. The molecule has 0 bridgehead atoms. The van der Waals surface area contributed by atoms with Gasteiger partial charge in [-0.05, 0) is 13.8 Å². The average Bonchev–Trinajstić information content (AvgIpc) is 2.14. The third-order valence-corrected chi connectivity index (χ3v) is 2.02. The van der Waals surface area contributed by atoms with Crippen LogP contribution in [0.3, 0.4) is 0 Å². The molecule has 2 atom stereocenters. The molecular formula is C10H20N2O2. The molecule has 2 unspecified atom stereocenters. The first kappa shape index (κ1) is 13.4. The number of ether oxygens (including phenoxy) is 1. The molecule has 4 heteroatoms. The molecule has 0 saturated carbocycles. The highest BCUT2D eigenvalue weighted by Crippen LogP contribution is 2.07. The third kappa shape index (κ3) is 6.84. The van der Waals surface area contributed by atoms with Gasteiger partial charge in [0.15, 0.2) is 0 Å². The molecule has 0 radical (unpaired) electrons. The Morgan fingerprint density at radius 3 is 2.79 bits per heavy atom. The highest BCUT2D eigenvalue weighted by molar-refractivity contribution is 4.82. The standard InChI is InChI=1S/C10H20N2O2/c1-9(6-11)7-12-8-10(2,13)4-5-14-3/h9,12-13H,4-5,7-8H2,1-3H3. The largest absolute Gasteiger partial charge is 0.389 e. The van der Waals surface area contributed by atoms with Crippen LogP contribution in [0.1, 0.15) is 20.3 Å². The number of methoxy groups -OCH3 is 1. The lowest BCUT2D eigenvalue weighted by Gasteiger charge is -2.23. The van der Waals surface area contributed by atoms with Crippen LogP contribution in [0.4, 0.5) is 0 Å². The van der Waals surface area contributed by atoms with E-state index >= 15 is 0 Å². The zero-order valence-electron chi connectivity index (χ0n) is 9.21. The lowest BCUT2D eigenvalue weighted by Crippen LogP contribution is -2.40. The second-order valence-electron chi connectivity index (χ2n) is 3.90. The van der Waals surface area contributed by atoms with Crippen LogP contribution >= 0.6 is 0 Å². The van der Waals surface area contributed by atoms with Gasteiger partial charge in [0.25, 0.3) is 0 Å². The molecule has 0 amide bonds. The van der Waals surface area contributed by atoms with Crippen molar-refractivity contribution in [3.8, 4) is 6.07 Å². The van der Waals surface area contributed by atoms with Crippen LogP contribution in [0.5, 0.6) is 0 Å². The van der Waals surface area contributed by atoms with Gasteiger partial charge in [-0.15, -0.1) is 0 Å². The first-order valence-electron chi connectivity index (χ1n) is 4.83. The molecule has 4 nitrogen and oxygen atoms in total. The summed E-state index contributed by atoms with van der Waals surface area (Å²) in [4.78, 5) is 0. The Labute approximate surface area is 85.9 Å². The van der Waals surface area contributed by atoms with Crippen molar-refractivity contribution < 1.29 is 9.84 Å². The summed E-state index contributed by atoms with van der Waals surface area (Å²) in [6.07, 6.45) is 0.595. The molecule has 82 valence electrons. The van der Waals surface area contributed by atoms with E-state index in [1.54, 1.807) is 14.0 Å². The van der Waals surface area contributed by atoms with Gasteiger partial charge in [0, 0.05) is 33.2 Å². The number of hydrogen-bond acceptors (Lipinski definition) is 4. The van der Waals surface area contributed by atoms with E-state index in [-0.39, 0.29) is 5.92 Å². The van der Waals surface area contributed by atoms with Gasteiger partial charge in [0.1, 0.15) is 0 Å². The Hall–Kier alpha value is -0.630. The maximum Gasteiger partial charge on any atom is 0.0765 e. The van der Waals surface area contributed by atoms with Crippen molar-refractivity contribution in [1.82, 2.24) is 5.32 Å². The summed E-state index contributed by atoms with van der Waals surface area (Å²) in [6, 6.07) is 2.13. The lowest BCUT2D eigenvalue weighted by molar-refractivity contribution is 0.0248. The molecule has 0 heterocycles. The van der Waals surface area contributed by atoms with Crippen LogP contribution in [-0.2, 0) is 4.74 Å². The minimum atomic E-state index is -0.759. The zero-order chi connectivity index (χ0) is 11.0. The van der Waals surface area contributed by atoms with E-state index in [0.29, 0.717) is 26.1 Å². The minimum Gasteiger partial charge on any atom is -0.389 e. The number of rotatable bonds is 7. The SMILES string of the molecule is COCCC(C)(O)CNCC(C)C#N. The summed E-state index contributed by atoms with van der Waals surface area (Å²) in [5.41, 5.74) is -0.759. The molecule has 0 spiro atoms. The molecule has 14 heavy (non-hydrogen) atoms. The Morgan fingerprint density at radius 1 is 1.64 bits per heavy atom. The van der Waals surface area contributed by atoms with Gasteiger partial charge >= 0.3 is 0 Å². The number of aliphatic hydroxyl groups is 1. The smallest absolute Gasteiger partial charge is 0.0765 e. The first-order valence-corrected chi connectivity index (χ1v) is 4.83. The van der Waals surface area contributed by atoms with E-state index < -0.39 is 5.60 Å². The van der Waals surface area contributed by atoms with Crippen LogP contribution in [0.15, 0.2) is 0 Å². The van der Waals surface area contributed by atoms with Gasteiger partial charge < -0.3 is 15.2 Å². The fraction of sp³-hybridized carbons (Fsp3) is 0.900. The van der Waals surface area contributed by atoms with Crippen LogP contribution in [0.25, 0.3) is 0 Å². The van der Waals surface area contributed by atoms with Crippen molar-refractivity contribution in [2.45, 2.75) is 25.9 Å². The Morgan fingerprint density at radius 2 is 2.29 bits per heavy atom. The molecule has 0 aliphatic carbocycles. The van der Waals surface area contributed by atoms with Crippen LogP contribution in [0.2, 0.25) is 0 Å². The van der Waals surface area contributed by atoms with Crippen molar-refractivity contribution >= 4 is 0 Å². The second-order valence-corrected chi connectivity index (χ2v) is 3.90. The van der Waals surface area contributed by atoms with Gasteiger partial charge in [0.2, 0.25) is 0 Å². The zero-order valence-corrected chi connectivity index (χ0v) is 9.21. The average molecular weight is 200 g/mol. The van der Waals surface area contributed by atoms with Gasteiger partial charge in [-0.25, -0.2) is 0 Å². The van der Waals surface area contributed by atoms with Crippen LogP contribution in [0, 0.1) is 17.2 Å². The van der Waals surface area contributed by atoms with E-state index in [1.807, 2.05) is 6.92 Å². The third-order valence-electron chi connectivity index (χ3n) is 2.02. The van der Waals surface area contributed by atoms with Gasteiger partial charge in [-0.1, -0.05) is 0 Å². The quantitative estimate of drug-likeness (QED) is 0.629. The summed E-state index contributed by atoms with van der Waals surface area (Å²) in [5.74, 6) is -0.0202. The van der Waals surface area contributed by atoms with Crippen LogP contribution in [-0.4, -0.2) is 37.5 Å². The molecule has 2 N–H and O–H groups in total. The lowest BCUT2D eigenvalue weighted by atomic mass is 10.0. The highest BCUT2D eigenvalue weighted by Gasteiger charge is 2.19. The Bertz CT molecular complexity index is 187. The minimum absolute atomic E-state index is 0.0202. The van der Waals surface area contributed by atoms with Gasteiger partial charge in [-0.2, -0.15) is 5.26 Å². The van der Waals surface area contributed by atoms with E-state index in [1.165, 1.54) is 0 Å². The number of nitrogens with one attached hydrogen (secondary N) is 1. The summed E-state index contributed by atoms with van der Waals surface area (Å²) in [7, 11) is 1.61. The first-order chi connectivity index (χ1) is 6.52. The summed E-state index contributed by atoms with van der Waals surface area (Å²) in [6.45, 7) is 5.25. The van der Waals surface area contributed by atoms with Crippen molar-refractivity contribution in [2.24, 2.45) is 5.92 Å². The van der Waals surface area contributed by atoms with E-state index in [0.717, 1.165) is 0 Å². The number of nitrogens with zero attached hydrogens (tertiary/aromatic N) is 1. The Balaban J connectivity index is 3.60. The molecule has 0 fully saturated rings. The maximum absolute atomic E-state index is 9.81. The summed E-state index contributed by atoms with van der Waals surface area (Å²) in [5, 5.41) is 21.4. The van der Waals surface area contributed by atoms with Crippen molar-refractivity contribution in [3.63, 3.8) is 0 Å². The molecule has 0 aromatic rings. The van der Waals surface area contributed by atoms with Gasteiger partial charge in [0.05, 0.1) is 17.6 Å². The molecule has 0 aliphatic rings. The summed E-state index contributed by atoms with van der Waals surface area (Å²) < 4.78 is 4.89. The number of nitriles is 1. The molecule has 0 rings (SSSR count). The van der Waals surface area contributed by atoms with E-state index in [9.17, 15) is 5.11 Å². The van der Waals surface area contributed by atoms with Crippen molar-refractivity contribution in [1.29, 1.82) is 5.26 Å². The Kier molecular flexibility index (Phi) is 6.46. The molecule has 0 saturated heterocycles. The molecular weight excluding hydrogens is 180 g/mol. The van der Waals surface area contributed by atoms with E-state index in [4.69, 9.17) is 10.00 Å². The predicted molar refractivity (Wildman–Crippen MR) is 54.8 cm³/mol. The second kappa shape index (κ2) is 6.77. The van der Waals surface area contributed by atoms with E-state index in [2.05, 4.69) is 11.4 Å². The molecule has 0 aromatic carbocycles. The normalized spacial score (nSPS) is 17.1. The van der Waals surface area contributed by atoms with Gasteiger partial charge in [-0.3, -0.25) is 0 Å². The van der Waals surface area contributed by atoms with Crippen LogP contribution < -0.4 is 5.32 Å². The monoisotopic (exact) mass is 200 g/mol. The van der Waals surface area contributed by atoms with Crippen molar-refractivity contribution in [2.75, 3.05) is 26.8 Å².